The van der Waals surface area contributed by atoms with Crippen LogP contribution >= 0.6 is 0 Å². The van der Waals surface area contributed by atoms with Crippen LogP contribution in [0.2, 0.25) is 0 Å². The highest BCUT2D eigenvalue weighted by molar-refractivity contribution is 6.03. The summed E-state index contributed by atoms with van der Waals surface area (Å²) in [5.74, 6) is -1.29. The summed E-state index contributed by atoms with van der Waals surface area (Å²) in [6, 6.07) is 1.46. The van der Waals surface area contributed by atoms with E-state index in [1.807, 2.05) is 0 Å². The van der Waals surface area contributed by atoms with Crippen molar-refractivity contribution in [1.29, 1.82) is 0 Å². The Morgan fingerprint density at radius 1 is 1.10 bits per heavy atom. The van der Waals surface area contributed by atoms with E-state index in [1.165, 1.54) is 24.5 Å². The van der Waals surface area contributed by atoms with Crippen LogP contribution in [0.4, 0.5) is 31.1 Å². The number of rotatable bonds is 2. The number of urea groups is 1. The molecule has 1 N–H and O–H groups in total. The molecule has 0 radical (unpaired) electrons. The molecule has 5 nitrogen and oxygen atoms in total. The van der Waals surface area contributed by atoms with Crippen LogP contribution in [0.25, 0.3) is 0 Å². The van der Waals surface area contributed by atoms with E-state index in [2.05, 4.69) is 4.98 Å². The maximum Gasteiger partial charge on any atom is 0.425 e. The van der Waals surface area contributed by atoms with Gasteiger partial charge >= 0.3 is 18.4 Å². The number of halogens is 6. The van der Waals surface area contributed by atoms with Crippen LogP contribution < -0.4 is 5.32 Å². The van der Waals surface area contributed by atoms with Gasteiger partial charge in [-0.15, -0.1) is 0 Å². The lowest BCUT2D eigenvalue weighted by atomic mass is 9.69. The molecule has 1 aromatic heterocycles. The number of nitrogens with zero attached hydrogens (tertiary/aromatic N) is 2. The van der Waals surface area contributed by atoms with Crippen molar-refractivity contribution in [2.45, 2.75) is 51.1 Å². The van der Waals surface area contributed by atoms with E-state index in [0.29, 0.717) is 5.56 Å². The summed E-state index contributed by atoms with van der Waals surface area (Å²) >= 11 is 0. The highest BCUT2D eigenvalue weighted by atomic mass is 19.4. The minimum Gasteiger partial charge on any atom is -0.312 e. The van der Waals surface area contributed by atoms with Crippen LogP contribution in [0.15, 0.2) is 35.8 Å². The van der Waals surface area contributed by atoms with Gasteiger partial charge in [-0.1, -0.05) is 19.9 Å². The number of hydrogen-bond donors (Lipinski definition) is 1. The van der Waals surface area contributed by atoms with Gasteiger partial charge in [-0.2, -0.15) is 26.3 Å². The van der Waals surface area contributed by atoms with Crippen LogP contribution in [0, 0.1) is 5.41 Å². The molecule has 0 saturated carbocycles. The van der Waals surface area contributed by atoms with Crippen molar-refractivity contribution in [3.05, 3.63) is 41.4 Å². The van der Waals surface area contributed by atoms with Crippen molar-refractivity contribution in [2.75, 3.05) is 0 Å². The Morgan fingerprint density at radius 3 is 2.24 bits per heavy atom. The normalized spacial score (nSPS) is 21.7. The Hall–Kier alpha value is -2.59. The largest absolute Gasteiger partial charge is 0.425 e. The third-order valence-electron chi connectivity index (χ3n) is 5.01. The fourth-order valence-electron chi connectivity index (χ4n) is 3.78. The number of alkyl halides is 6. The number of ketones is 1. The second-order valence-corrected chi connectivity index (χ2v) is 7.89. The van der Waals surface area contributed by atoms with Gasteiger partial charge in [-0.05, 0) is 23.5 Å². The van der Waals surface area contributed by atoms with Crippen LogP contribution in [-0.2, 0) is 11.3 Å². The monoisotopic (exact) mass is 421 g/mol. The summed E-state index contributed by atoms with van der Waals surface area (Å²) in [5, 5.41) is 1.07. The third kappa shape index (κ3) is 3.36. The average Bonchev–Trinajstić information content (AvgIpc) is 2.55. The first kappa shape index (κ1) is 21.1. The lowest BCUT2D eigenvalue weighted by molar-refractivity contribution is -0.292. The van der Waals surface area contributed by atoms with Crippen LogP contribution in [0.3, 0.4) is 0 Å². The summed E-state index contributed by atoms with van der Waals surface area (Å²) in [4.78, 5) is 29.7. The van der Waals surface area contributed by atoms with Crippen molar-refractivity contribution in [2.24, 2.45) is 5.41 Å². The molecule has 0 unspecified atom stereocenters. The Labute approximate surface area is 161 Å². The van der Waals surface area contributed by atoms with E-state index in [1.54, 1.807) is 13.8 Å². The summed E-state index contributed by atoms with van der Waals surface area (Å²) in [6.07, 6.45) is -9.96. The number of carbonyl (C=O) groups excluding carboxylic acids is 2. The first-order valence-corrected chi connectivity index (χ1v) is 8.58. The molecule has 3 rings (SSSR count). The van der Waals surface area contributed by atoms with Crippen molar-refractivity contribution in [1.82, 2.24) is 15.2 Å². The van der Waals surface area contributed by atoms with E-state index in [4.69, 9.17) is 0 Å². The smallest absolute Gasteiger partial charge is 0.312 e. The molecule has 2 heterocycles. The van der Waals surface area contributed by atoms with Crippen LogP contribution in [0.5, 0.6) is 0 Å². The van der Waals surface area contributed by atoms with E-state index in [0.717, 1.165) is 10.2 Å². The Balaban J connectivity index is 2.27. The maximum atomic E-state index is 13.8. The van der Waals surface area contributed by atoms with Gasteiger partial charge in [0.1, 0.15) is 0 Å². The molecule has 2 amide bonds. The second kappa shape index (κ2) is 6.46. The van der Waals surface area contributed by atoms with Crippen LogP contribution in [-0.4, -0.2) is 39.6 Å². The van der Waals surface area contributed by atoms with Gasteiger partial charge in [0.15, 0.2) is 5.78 Å². The molecule has 1 aliphatic heterocycles. The van der Waals surface area contributed by atoms with E-state index >= 15 is 0 Å². The number of nitrogens with one attached hydrogen (secondary N) is 1. The first-order chi connectivity index (χ1) is 13.2. The van der Waals surface area contributed by atoms with Gasteiger partial charge in [0.05, 0.1) is 12.1 Å². The minimum absolute atomic E-state index is 0.296. The molecule has 0 fully saturated rings. The SMILES string of the molecule is CC1(C)CC(=O)C2=C(C1)N(Cc1cccnc1)C(=O)NC2(C(F)(F)F)C(F)(F)F. The van der Waals surface area contributed by atoms with Gasteiger partial charge in [0, 0.05) is 24.5 Å². The van der Waals surface area contributed by atoms with Crippen molar-refractivity contribution < 1.29 is 35.9 Å². The molecule has 1 aromatic rings. The number of Topliss-reactive ketones (excluding diaryl/α,β-unsaturated/α-hetero) is 1. The zero-order valence-electron chi connectivity index (χ0n) is 15.4. The van der Waals surface area contributed by atoms with Gasteiger partial charge in [-0.25, -0.2) is 4.79 Å². The second-order valence-electron chi connectivity index (χ2n) is 7.89. The van der Waals surface area contributed by atoms with E-state index < -0.39 is 52.8 Å². The topological polar surface area (TPSA) is 62.3 Å². The Kier molecular flexibility index (Phi) is 4.71. The number of allylic oxidation sites excluding steroid dienone is 1. The van der Waals surface area contributed by atoms with Gasteiger partial charge < -0.3 is 5.32 Å². The number of carbonyl (C=O) groups is 2. The molecular formula is C18H17F6N3O2. The number of pyridine rings is 1. The fourth-order valence-corrected chi connectivity index (χ4v) is 3.78. The highest BCUT2D eigenvalue weighted by Crippen LogP contribution is 2.54. The summed E-state index contributed by atoms with van der Waals surface area (Å²) in [5.41, 5.74) is -7.29. The zero-order chi connectivity index (χ0) is 21.8. The van der Waals surface area contributed by atoms with Crippen molar-refractivity contribution >= 4 is 11.8 Å². The summed E-state index contributed by atoms with van der Waals surface area (Å²) < 4.78 is 82.8. The molecule has 158 valence electrons. The standard InChI is InChI=1S/C18H17F6N3O2/c1-15(2)6-11-13(12(28)7-15)16(17(19,20)21,18(22,23)24)26-14(29)27(11)9-10-4-3-5-25-8-10/h3-5,8H,6-7,9H2,1-2H3,(H,26,29). The predicted octanol–water partition coefficient (Wildman–Crippen LogP) is 4.11. The molecule has 11 heteroatoms. The van der Waals surface area contributed by atoms with E-state index in [9.17, 15) is 35.9 Å². The van der Waals surface area contributed by atoms with E-state index in [-0.39, 0.29) is 13.0 Å². The third-order valence-corrected chi connectivity index (χ3v) is 5.01. The van der Waals surface area contributed by atoms with Crippen molar-refractivity contribution in [3.63, 3.8) is 0 Å². The Morgan fingerprint density at radius 2 is 1.72 bits per heavy atom. The average molecular weight is 421 g/mol. The quantitative estimate of drug-likeness (QED) is 0.731. The lowest BCUT2D eigenvalue weighted by Crippen LogP contribution is -2.74. The molecule has 1 aliphatic carbocycles. The van der Waals surface area contributed by atoms with Gasteiger partial charge in [0.25, 0.3) is 5.54 Å². The molecule has 2 aliphatic rings. The van der Waals surface area contributed by atoms with Gasteiger partial charge in [0.2, 0.25) is 0 Å². The molecule has 29 heavy (non-hydrogen) atoms. The molecule has 0 saturated heterocycles. The maximum absolute atomic E-state index is 13.8. The molecule has 0 bridgehead atoms. The highest BCUT2D eigenvalue weighted by Gasteiger charge is 2.77. The van der Waals surface area contributed by atoms with Crippen molar-refractivity contribution in [3.8, 4) is 0 Å². The Bertz CT molecular complexity index is 860. The molecule has 0 aromatic carbocycles. The van der Waals surface area contributed by atoms with Crippen LogP contribution in [0.1, 0.15) is 32.3 Å². The predicted molar refractivity (Wildman–Crippen MR) is 88.2 cm³/mol. The molecule has 0 spiro atoms. The zero-order valence-corrected chi connectivity index (χ0v) is 15.4. The summed E-state index contributed by atoms with van der Waals surface area (Å²) in [7, 11) is 0. The summed E-state index contributed by atoms with van der Waals surface area (Å²) in [6.45, 7) is 2.77. The lowest BCUT2D eigenvalue weighted by Gasteiger charge is -2.49. The minimum atomic E-state index is -5.96. The number of aromatic nitrogens is 1. The number of amides is 2. The van der Waals surface area contributed by atoms with Gasteiger partial charge in [-0.3, -0.25) is 14.7 Å². The first-order valence-electron chi connectivity index (χ1n) is 8.58. The fraction of sp³-hybridized carbons (Fsp3) is 0.500. The number of hydrogen-bond acceptors (Lipinski definition) is 3. The molecular weight excluding hydrogens is 404 g/mol. The molecule has 0 atom stereocenters.